The van der Waals surface area contributed by atoms with Gasteiger partial charge in [-0.3, -0.25) is 9.59 Å². The highest BCUT2D eigenvalue weighted by Gasteiger charge is 2.29. The minimum atomic E-state index is -0.732. The Labute approximate surface area is 210 Å². The van der Waals surface area contributed by atoms with Gasteiger partial charge in [0.1, 0.15) is 17.7 Å². The number of rotatable bonds is 10. The monoisotopic (exact) mass is 496 g/mol. The summed E-state index contributed by atoms with van der Waals surface area (Å²) in [6.07, 6.45) is 2.90. The van der Waals surface area contributed by atoms with Crippen LogP contribution in [-0.4, -0.2) is 66.5 Å². The van der Waals surface area contributed by atoms with Gasteiger partial charge in [0.15, 0.2) is 0 Å². The average molecular weight is 497 g/mol. The number of anilines is 2. The molecule has 3 rings (SSSR count). The molecule has 0 radical (unpaired) electrons. The van der Waals surface area contributed by atoms with E-state index < -0.39 is 17.9 Å². The van der Waals surface area contributed by atoms with Crippen molar-refractivity contribution >= 4 is 29.4 Å². The number of aryl methyl sites for hydroxylation is 1. The molecule has 9 nitrogen and oxygen atoms in total. The maximum atomic E-state index is 13.4. The molecule has 0 bridgehead atoms. The summed E-state index contributed by atoms with van der Waals surface area (Å²) in [4.78, 5) is 45.8. The van der Waals surface area contributed by atoms with Gasteiger partial charge in [-0.25, -0.2) is 14.2 Å². The van der Waals surface area contributed by atoms with Gasteiger partial charge < -0.3 is 25.8 Å². The zero-order valence-electron chi connectivity index (χ0n) is 20.5. The second-order valence-electron chi connectivity index (χ2n) is 8.60. The summed E-state index contributed by atoms with van der Waals surface area (Å²) >= 11 is 0. The number of pyridine rings is 1. The molecule has 1 fully saturated rings. The first-order valence-corrected chi connectivity index (χ1v) is 12.1. The van der Waals surface area contributed by atoms with Crippen LogP contribution in [-0.2, 0) is 9.59 Å². The van der Waals surface area contributed by atoms with Crippen molar-refractivity contribution in [2.24, 2.45) is 0 Å². The number of nitrogens with zero attached hydrogens (tertiary/aromatic N) is 3. The molecule has 1 unspecified atom stereocenters. The molecule has 0 spiro atoms. The molecule has 1 saturated heterocycles. The van der Waals surface area contributed by atoms with E-state index >= 15 is 0 Å². The van der Waals surface area contributed by atoms with E-state index in [4.69, 9.17) is 0 Å². The number of halogens is 1. The lowest BCUT2D eigenvalue weighted by molar-refractivity contribution is -0.133. The summed E-state index contributed by atoms with van der Waals surface area (Å²) in [6.45, 7) is 8.13. The van der Waals surface area contributed by atoms with E-state index in [1.807, 2.05) is 25.1 Å². The van der Waals surface area contributed by atoms with Gasteiger partial charge in [0.25, 0.3) is 0 Å². The van der Waals surface area contributed by atoms with E-state index in [-0.39, 0.29) is 11.8 Å². The van der Waals surface area contributed by atoms with Gasteiger partial charge in [-0.2, -0.15) is 0 Å². The van der Waals surface area contributed by atoms with Crippen LogP contribution in [0.15, 0.2) is 55.1 Å². The normalized spacial score (nSPS) is 14.1. The predicted molar refractivity (Wildman–Crippen MR) is 137 cm³/mol. The highest BCUT2D eigenvalue weighted by Crippen LogP contribution is 2.16. The van der Waals surface area contributed by atoms with E-state index in [9.17, 15) is 18.8 Å². The Morgan fingerprint density at radius 1 is 1.08 bits per heavy atom. The lowest BCUT2D eigenvalue weighted by atomic mass is 10.1. The summed E-state index contributed by atoms with van der Waals surface area (Å²) in [5, 5.41) is 8.12. The Bertz CT molecular complexity index is 1050. The SMILES string of the molecule is C=CC(=O)NCCCCC(NC(=O)Nc1ccc(F)cc1)C(=O)N1CCN(c2cccc(C)n2)CC1. The summed E-state index contributed by atoms with van der Waals surface area (Å²) in [5.41, 5.74) is 1.36. The third-order valence-corrected chi connectivity index (χ3v) is 5.90. The molecular formula is C26H33FN6O3. The molecule has 2 heterocycles. The molecule has 1 atom stereocenters. The van der Waals surface area contributed by atoms with Crippen LogP contribution in [0.5, 0.6) is 0 Å². The minimum absolute atomic E-state index is 0.156. The zero-order chi connectivity index (χ0) is 25.9. The first kappa shape index (κ1) is 26.7. The summed E-state index contributed by atoms with van der Waals surface area (Å²) in [6, 6.07) is 9.99. The quantitative estimate of drug-likeness (QED) is 0.346. The van der Waals surface area contributed by atoms with Crippen LogP contribution in [0.25, 0.3) is 0 Å². The molecule has 36 heavy (non-hydrogen) atoms. The smallest absolute Gasteiger partial charge is 0.319 e. The number of aromatic nitrogens is 1. The summed E-state index contributed by atoms with van der Waals surface area (Å²) in [5.74, 6) is 0.0752. The van der Waals surface area contributed by atoms with Gasteiger partial charge in [0.05, 0.1) is 0 Å². The topological polar surface area (TPSA) is 107 Å². The van der Waals surface area contributed by atoms with Crippen molar-refractivity contribution < 1.29 is 18.8 Å². The van der Waals surface area contributed by atoms with Crippen molar-refractivity contribution in [1.29, 1.82) is 0 Å². The van der Waals surface area contributed by atoms with E-state index in [1.54, 1.807) is 4.90 Å². The molecule has 192 valence electrons. The number of carbonyl (C=O) groups is 3. The number of carbonyl (C=O) groups excluding carboxylic acids is 3. The van der Waals surface area contributed by atoms with Crippen molar-refractivity contribution in [2.45, 2.75) is 32.2 Å². The lowest BCUT2D eigenvalue weighted by Crippen LogP contribution is -2.55. The van der Waals surface area contributed by atoms with Gasteiger partial charge in [0, 0.05) is 44.1 Å². The first-order valence-electron chi connectivity index (χ1n) is 12.1. The van der Waals surface area contributed by atoms with Crippen LogP contribution in [0, 0.1) is 12.7 Å². The van der Waals surface area contributed by atoms with E-state index in [1.165, 1.54) is 30.3 Å². The summed E-state index contributed by atoms with van der Waals surface area (Å²) in [7, 11) is 0. The molecule has 0 saturated carbocycles. The number of piperazine rings is 1. The van der Waals surface area contributed by atoms with Gasteiger partial charge in [-0.15, -0.1) is 0 Å². The van der Waals surface area contributed by atoms with Crippen molar-refractivity contribution in [2.75, 3.05) is 42.9 Å². The molecule has 10 heteroatoms. The minimum Gasteiger partial charge on any atom is -0.353 e. The van der Waals surface area contributed by atoms with Crippen molar-refractivity contribution in [3.63, 3.8) is 0 Å². The van der Waals surface area contributed by atoms with Crippen molar-refractivity contribution in [1.82, 2.24) is 20.5 Å². The fourth-order valence-corrected chi connectivity index (χ4v) is 3.95. The van der Waals surface area contributed by atoms with Gasteiger partial charge >= 0.3 is 6.03 Å². The number of nitrogens with one attached hydrogen (secondary N) is 3. The van der Waals surface area contributed by atoms with Crippen LogP contribution in [0.3, 0.4) is 0 Å². The highest BCUT2D eigenvalue weighted by atomic mass is 19.1. The molecule has 4 amide bonds. The number of amides is 4. The Hall–Kier alpha value is -3.95. The number of benzene rings is 1. The lowest BCUT2D eigenvalue weighted by Gasteiger charge is -2.37. The van der Waals surface area contributed by atoms with E-state index in [0.29, 0.717) is 57.7 Å². The Morgan fingerprint density at radius 2 is 1.81 bits per heavy atom. The Balaban J connectivity index is 1.58. The molecule has 2 aromatic rings. The Morgan fingerprint density at radius 3 is 2.47 bits per heavy atom. The van der Waals surface area contributed by atoms with Crippen molar-refractivity contribution in [3.05, 3.63) is 66.6 Å². The number of urea groups is 1. The second-order valence-corrected chi connectivity index (χ2v) is 8.60. The molecule has 3 N–H and O–H groups in total. The van der Waals surface area contributed by atoms with Crippen LogP contribution in [0.2, 0.25) is 0 Å². The third-order valence-electron chi connectivity index (χ3n) is 5.90. The van der Waals surface area contributed by atoms with E-state index in [2.05, 4.69) is 32.4 Å². The van der Waals surface area contributed by atoms with Crippen LogP contribution >= 0.6 is 0 Å². The van der Waals surface area contributed by atoms with Gasteiger partial charge in [0.2, 0.25) is 11.8 Å². The number of hydrogen-bond acceptors (Lipinski definition) is 5. The second kappa shape index (κ2) is 13.2. The maximum Gasteiger partial charge on any atom is 0.319 e. The standard InChI is InChI=1S/C26H33FN6O3/c1-3-24(34)28-14-5-4-8-22(31-26(36)30-21-12-10-20(27)11-13-21)25(35)33-17-15-32(16-18-33)23-9-6-7-19(2)29-23/h3,6-7,9-13,22H,1,4-5,8,14-18H2,2H3,(H,28,34)(H2,30,31,36). The molecule has 0 aliphatic carbocycles. The molecule has 1 aliphatic heterocycles. The maximum absolute atomic E-state index is 13.4. The molecular weight excluding hydrogens is 463 g/mol. The highest BCUT2D eigenvalue weighted by molar-refractivity contribution is 5.93. The molecule has 1 aromatic heterocycles. The van der Waals surface area contributed by atoms with Crippen LogP contribution < -0.4 is 20.9 Å². The summed E-state index contributed by atoms with van der Waals surface area (Å²) < 4.78 is 13.2. The zero-order valence-corrected chi connectivity index (χ0v) is 20.5. The van der Waals surface area contributed by atoms with Crippen LogP contribution in [0.1, 0.15) is 25.0 Å². The van der Waals surface area contributed by atoms with Crippen molar-refractivity contribution in [3.8, 4) is 0 Å². The van der Waals surface area contributed by atoms with Gasteiger partial charge in [-0.1, -0.05) is 12.6 Å². The van der Waals surface area contributed by atoms with Crippen LogP contribution in [0.4, 0.5) is 20.7 Å². The molecule has 1 aromatic carbocycles. The fourth-order valence-electron chi connectivity index (χ4n) is 3.95. The third kappa shape index (κ3) is 8.07. The number of unbranched alkanes of at least 4 members (excludes halogenated alkanes) is 1. The first-order chi connectivity index (χ1) is 17.4. The molecule has 1 aliphatic rings. The Kier molecular flexibility index (Phi) is 9.79. The fraction of sp³-hybridized carbons (Fsp3) is 0.385. The predicted octanol–water partition coefficient (Wildman–Crippen LogP) is 2.84. The van der Waals surface area contributed by atoms with E-state index in [0.717, 1.165) is 11.5 Å². The number of hydrogen-bond donors (Lipinski definition) is 3. The largest absolute Gasteiger partial charge is 0.353 e. The average Bonchev–Trinajstić information content (AvgIpc) is 2.88. The van der Waals surface area contributed by atoms with Gasteiger partial charge in [-0.05, 0) is 68.7 Å².